The smallest absolute Gasteiger partial charge is 0.416 e. The summed E-state index contributed by atoms with van der Waals surface area (Å²) in [6.07, 6.45) is -0.629. The van der Waals surface area contributed by atoms with Gasteiger partial charge in [0.1, 0.15) is 5.76 Å². The minimum absolute atomic E-state index is 0.146. The molecule has 0 heterocycles. The van der Waals surface area contributed by atoms with E-state index in [1.165, 1.54) is 20.1 Å². The lowest BCUT2D eigenvalue weighted by Crippen LogP contribution is -2.11. The van der Waals surface area contributed by atoms with Crippen LogP contribution in [0.3, 0.4) is 0 Å². The fraction of sp³-hybridized carbons (Fsp3) is 0.533. The molecular weight excluding hydrogens is 285 g/mol. The lowest BCUT2D eigenvalue weighted by Gasteiger charge is -2.12. The number of methoxy groups -OCH3 is 1. The largest absolute Gasteiger partial charge is 0.494 e. The van der Waals surface area contributed by atoms with Crippen molar-refractivity contribution < 1.29 is 27.4 Å². The summed E-state index contributed by atoms with van der Waals surface area (Å²) in [6.45, 7) is 4.98. The van der Waals surface area contributed by atoms with Gasteiger partial charge in [0.2, 0.25) is 0 Å². The van der Waals surface area contributed by atoms with Crippen LogP contribution in [0.15, 0.2) is 35.1 Å². The molecule has 3 nitrogen and oxygen atoms in total. The van der Waals surface area contributed by atoms with Crippen LogP contribution in [0, 0.1) is 0 Å². The van der Waals surface area contributed by atoms with Crippen LogP contribution in [0.1, 0.15) is 33.6 Å². The van der Waals surface area contributed by atoms with Crippen LogP contribution in [-0.4, -0.2) is 25.9 Å². The highest BCUT2D eigenvalue weighted by molar-refractivity contribution is 5.68. The number of ether oxygens (including phenoxy) is 2. The number of carbonyl (C=O) groups excluding carboxylic acids is 1. The van der Waals surface area contributed by atoms with E-state index in [4.69, 9.17) is 4.74 Å². The Morgan fingerprint density at radius 1 is 1.24 bits per heavy atom. The summed E-state index contributed by atoms with van der Waals surface area (Å²) in [6, 6.07) is 0. The number of alkyl halides is 3. The Bertz CT molecular complexity index is 428. The molecule has 21 heavy (non-hydrogen) atoms. The van der Waals surface area contributed by atoms with E-state index in [0.29, 0.717) is 12.0 Å². The Morgan fingerprint density at radius 2 is 1.86 bits per heavy atom. The number of halogens is 3. The van der Waals surface area contributed by atoms with Gasteiger partial charge < -0.3 is 9.47 Å². The summed E-state index contributed by atoms with van der Waals surface area (Å²) in [5, 5.41) is 0. The fourth-order valence-electron chi connectivity index (χ4n) is 1.38. The first-order valence-electron chi connectivity index (χ1n) is 6.51. The molecule has 0 unspecified atom stereocenters. The quantitative estimate of drug-likeness (QED) is 0.304. The zero-order chi connectivity index (χ0) is 16.5. The molecular formula is C15H21F3O3. The van der Waals surface area contributed by atoms with Crippen molar-refractivity contribution in [3.63, 3.8) is 0 Å². The maximum absolute atomic E-state index is 12.8. The standard InChI is InChI=1S/C15H21F3O3/c1-5-7-12(15(16,17)18)10-13(11(2)3)21-9-6-8-14(19)20-4/h5,7,10H,6,8-9H2,1-4H3/b7-5-,12-10+. The van der Waals surface area contributed by atoms with Gasteiger partial charge in [-0.2, -0.15) is 13.2 Å². The predicted octanol–water partition coefficient (Wildman–Crippen LogP) is 4.31. The van der Waals surface area contributed by atoms with Crippen molar-refractivity contribution in [2.75, 3.05) is 13.7 Å². The van der Waals surface area contributed by atoms with Crippen LogP contribution in [0.25, 0.3) is 0 Å². The monoisotopic (exact) mass is 306 g/mol. The van der Waals surface area contributed by atoms with Crippen molar-refractivity contribution in [1.82, 2.24) is 0 Å². The van der Waals surface area contributed by atoms with Gasteiger partial charge in [-0.15, -0.1) is 0 Å². The second-order valence-electron chi connectivity index (χ2n) is 4.49. The average molecular weight is 306 g/mol. The zero-order valence-electron chi connectivity index (χ0n) is 12.7. The van der Waals surface area contributed by atoms with Crippen molar-refractivity contribution >= 4 is 5.97 Å². The van der Waals surface area contributed by atoms with E-state index in [1.807, 2.05) is 0 Å². The van der Waals surface area contributed by atoms with Crippen molar-refractivity contribution in [3.8, 4) is 0 Å². The van der Waals surface area contributed by atoms with Crippen LogP contribution in [-0.2, 0) is 14.3 Å². The first-order chi connectivity index (χ1) is 9.72. The van der Waals surface area contributed by atoms with Crippen molar-refractivity contribution in [2.45, 2.75) is 39.8 Å². The topological polar surface area (TPSA) is 35.5 Å². The van der Waals surface area contributed by atoms with Crippen LogP contribution in [0.4, 0.5) is 13.2 Å². The number of esters is 1. The first-order valence-corrected chi connectivity index (χ1v) is 6.51. The van der Waals surface area contributed by atoms with Gasteiger partial charge in [0.25, 0.3) is 0 Å². The van der Waals surface area contributed by atoms with Gasteiger partial charge in [-0.3, -0.25) is 4.79 Å². The Hall–Kier alpha value is -1.72. The molecule has 0 aromatic heterocycles. The Morgan fingerprint density at radius 3 is 2.29 bits per heavy atom. The van der Waals surface area contributed by atoms with E-state index in [9.17, 15) is 18.0 Å². The molecule has 0 amide bonds. The normalized spacial score (nSPS) is 12.4. The van der Waals surface area contributed by atoms with Gasteiger partial charge in [-0.1, -0.05) is 12.2 Å². The van der Waals surface area contributed by atoms with Gasteiger partial charge in [0.05, 0.1) is 19.3 Å². The van der Waals surface area contributed by atoms with Crippen molar-refractivity contribution in [1.29, 1.82) is 0 Å². The molecule has 0 aliphatic heterocycles. The van der Waals surface area contributed by atoms with Crippen LogP contribution in [0.5, 0.6) is 0 Å². The summed E-state index contributed by atoms with van der Waals surface area (Å²) < 4.78 is 48.2. The fourth-order valence-corrected chi connectivity index (χ4v) is 1.38. The van der Waals surface area contributed by atoms with E-state index in [-0.39, 0.29) is 24.8 Å². The summed E-state index contributed by atoms with van der Waals surface area (Å²) in [4.78, 5) is 10.9. The number of carbonyl (C=O) groups is 1. The summed E-state index contributed by atoms with van der Waals surface area (Å²) in [5.41, 5.74) is -0.159. The number of hydrogen-bond donors (Lipinski definition) is 0. The minimum Gasteiger partial charge on any atom is -0.494 e. The van der Waals surface area contributed by atoms with E-state index in [0.717, 1.165) is 12.2 Å². The first kappa shape index (κ1) is 19.3. The molecule has 0 radical (unpaired) electrons. The lowest BCUT2D eigenvalue weighted by molar-refractivity contribution is -0.140. The number of allylic oxidation sites excluding steroid dienone is 5. The Labute approximate surface area is 123 Å². The second kappa shape index (κ2) is 9.26. The maximum atomic E-state index is 12.8. The zero-order valence-corrected chi connectivity index (χ0v) is 12.7. The minimum atomic E-state index is -4.44. The molecule has 0 saturated carbocycles. The van der Waals surface area contributed by atoms with E-state index < -0.39 is 11.7 Å². The van der Waals surface area contributed by atoms with Gasteiger partial charge >= 0.3 is 12.1 Å². The highest BCUT2D eigenvalue weighted by Gasteiger charge is 2.32. The average Bonchev–Trinajstić information content (AvgIpc) is 2.39. The summed E-state index contributed by atoms with van der Waals surface area (Å²) >= 11 is 0. The molecule has 0 aliphatic carbocycles. The molecule has 0 saturated heterocycles. The molecule has 120 valence electrons. The third-order valence-corrected chi connectivity index (χ3v) is 2.46. The molecule has 0 aromatic carbocycles. The lowest BCUT2D eigenvalue weighted by atomic mass is 10.1. The molecule has 0 aromatic rings. The molecule has 0 aliphatic rings. The van der Waals surface area contributed by atoms with E-state index in [2.05, 4.69) is 4.74 Å². The molecule has 0 atom stereocenters. The highest BCUT2D eigenvalue weighted by Crippen LogP contribution is 2.28. The number of rotatable bonds is 7. The van der Waals surface area contributed by atoms with E-state index in [1.54, 1.807) is 13.8 Å². The Balaban J connectivity index is 4.85. The molecule has 6 heteroatoms. The summed E-state index contributed by atoms with van der Waals surface area (Å²) in [7, 11) is 1.28. The second-order valence-corrected chi connectivity index (χ2v) is 4.49. The third kappa shape index (κ3) is 8.22. The number of hydrogen-bond acceptors (Lipinski definition) is 3. The van der Waals surface area contributed by atoms with Crippen molar-refractivity contribution in [3.05, 3.63) is 35.1 Å². The van der Waals surface area contributed by atoms with Crippen LogP contribution in [0.2, 0.25) is 0 Å². The Kier molecular flexibility index (Phi) is 8.50. The van der Waals surface area contributed by atoms with Crippen LogP contribution >= 0.6 is 0 Å². The van der Waals surface area contributed by atoms with Gasteiger partial charge in [-0.25, -0.2) is 0 Å². The van der Waals surface area contributed by atoms with Gasteiger partial charge in [0, 0.05) is 6.42 Å². The maximum Gasteiger partial charge on any atom is 0.416 e. The molecule has 0 spiro atoms. The van der Waals surface area contributed by atoms with Crippen molar-refractivity contribution in [2.24, 2.45) is 0 Å². The molecule has 0 bridgehead atoms. The highest BCUT2D eigenvalue weighted by atomic mass is 19.4. The molecule has 0 N–H and O–H groups in total. The third-order valence-electron chi connectivity index (χ3n) is 2.46. The molecule has 0 fully saturated rings. The summed E-state index contributed by atoms with van der Waals surface area (Å²) in [5.74, 6) is -0.219. The van der Waals surface area contributed by atoms with Gasteiger partial charge in [-0.05, 0) is 38.8 Å². The SMILES string of the molecule is C/C=C\C(=C/C(OCCCC(=O)OC)=C(C)C)C(F)(F)F. The molecule has 0 rings (SSSR count). The van der Waals surface area contributed by atoms with Gasteiger partial charge in [0.15, 0.2) is 0 Å². The van der Waals surface area contributed by atoms with E-state index >= 15 is 0 Å². The van der Waals surface area contributed by atoms with Crippen LogP contribution < -0.4 is 0 Å². The predicted molar refractivity (Wildman–Crippen MR) is 74.5 cm³/mol.